The summed E-state index contributed by atoms with van der Waals surface area (Å²) in [6.45, 7) is 15.0. The van der Waals surface area contributed by atoms with Crippen molar-refractivity contribution in [2.75, 3.05) is 32.9 Å². The number of hydrogen-bond acceptors (Lipinski definition) is 7. The Balaban J connectivity index is 1.02. The molecule has 0 bridgehead atoms. The van der Waals surface area contributed by atoms with E-state index in [9.17, 15) is 14.4 Å². The first-order valence-electron chi connectivity index (χ1n) is 22.4. The molecule has 4 aromatic carbocycles. The number of fused-ring (bicyclic) bond motifs is 1. The van der Waals surface area contributed by atoms with Crippen LogP contribution in [0.2, 0.25) is 19.1 Å². The zero-order chi connectivity index (χ0) is 44.4. The number of carbonyl (C=O) groups excluding carboxylic acids is 3. The maximum absolute atomic E-state index is 14.6. The molecule has 0 radical (unpaired) electrons. The molecule has 2 aliphatic rings. The standard InChI is InChI=1S/C50H60N8O4Si/c1-8-56(9-2)45(35-16-11-10-12-17-35)49(60)58-31-63(6,7)30-43(58)47-51-28-40(53-47)34-23-21-33(22-24-34)36-25-26-39(38-19-14-13-18-37(36)38)41-29-52-46(54-41)42-20-15-27-57(42)48(59)44(32(3)4)55-50(61)62-5/h10-14,16-19,21-26,28-29,32,42-45H,8-9,15,20,27,30-31H2,1-7H3,(H,51,53)(H,52,54)(H,55,61)/t42-,43-,44-,45+/m0/s1. The van der Waals surface area contributed by atoms with Crippen molar-refractivity contribution in [3.8, 4) is 33.6 Å². The summed E-state index contributed by atoms with van der Waals surface area (Å²) in [6, 6.07) is 31.1. The second-order valence-electron chi connectivity index (χ2n) is 18.1. The number of H-pyrrole nitrogens is 2. The summed E-state index contributed by atoms with van der Waals surface area (Å²) in [6.07, 6.45) is 5.57. The molecule has 12 nitrogen and oxygen atoms in total. The molecule has 2 aromatic heterocycles. The van der Waals surface area contributed by atoms with E-state index < -0.39 is 20.2 Å². The largest absolute Gasteiger partial charge is 0.453 e. The van der Waals surface area contributed by atoms with E-state index in [1.54, 1.807) is 0 Å². The van der Waals surface area contributed by atoms with Gasteiger partial charge in [0.1, 0.15) is 23.7 Å². The number of nitrogens with zero attached hydrogens (tertiary/aromatic N) is 5. The van der Waals surface area contributed by atoms with E-state index >= 15 is 0 Å². The van der Waals surface area contributed by atoms with E-state index in [1.807, 2.05) is 49.3 Å². The molecule has 13 heteroatoms. The van der Waals surface area contributed by atoms with Gasteiger partial charge in [-0.2, -0.15) is 0 Å². The van der Waals surface area contributed by atoms with Crippen LogP contribution in [-0.4, -0.2) is 99.6 Å². The third-order valence-electron chi connectivity index (χ3n) is 13.0. The number of likely N-dealkylation sites (N-methyl/N-ethyl adjacent to an activating group) is 1. The van der Waals surface area contributed by atoms with Crippen LogP contribution in [-0.2, 0) is 14.3 Å². The number of alkyl carbamates (subject to hydrolysis) is 1. The van der Waals surface area contributed by atoms with Crippen molar-refractivity contribution in [2.24, 2.45) is 5.92 Å². The predicted molar refractivity (Wildman–Crippen MR) is 251 cm³/mol. The summed E-state index contributed by atoms with van der Waals surface area (Å²) in [5.41, 5.74) is 7.10. The second-order valence-corrected chi connectivity index (χ2v) is 23.1. The Bertz CT molecular complexity index is 2570. The Morgan fingerprint density at radius 3 is 2.05 bits per heavy atom. The van der Waals surface area contributed by atoms with Crippen molar-refractivity contribution in [1.82, 2.24) is 40.0 Å². The predicted octanol–water partition coefficient (Wildman–Crippen LogP) is 9.55. The van der Waals surface area contributed by atoms with Crippen molar-refractivity contribution in [2.45, 2.75) is 83.8 Å². The molecule has 6 aromatic rings. The Kier molecular flexibility index (Phi) is 12.7. The number of likely N-dealkylation sites (tertiary alicyclic amines) is 1. The van der Waals surface area contributed by atoms with Crippen LogP contribution in [0.5, 0.6) is 0 Å². The zero-order valence-corrected chi connectivity index (χ0v) is 38.5. The molecule has 63 heavy (non-hydrogen) atoms. The summed E-state index contributed by atoms with van der Waals surface area (Å²) in [5, 5.41) is 4.93. The first-order valence-corrected chi connectivity index (χ1v) is 25.8. The molecule has 2 saturated heterocycles. The highest BCUT2D eigenvalue weighted by Gasteiger charge is 2.46. The Morgan fingerprint density at radius 1 is 0.778 bits per heavy atom. The SMILES string of the molecule is CCN(CC)[C@@H](C(=O)N1C[Si](C)(C)C[C@H]1c1ncc(-c2ccc(-c3ccc(-c4cnc([C@@H]5CCCN5C(=O)[C@@H](NC(=O)OC)C(C)C)[nH]4)c4ccccc34)cc2)[nH]1)c1ccccc1. The number of aromatic amines is 2. The van der Waals surface area contributed by atoms with Gasteiger partial charge in [0.25, 0.3) is 0 Å². The zero-order valence-electron chi connectivity index (χ0n) is 37.5. The van der Waals surface area contributed by atoms with Crippen LogP contribution in [0.1, 0.15) is 75.9 Å². The van der Waals surface area contributed by atoms with Crippen LogP contribution in [0.3, 0.4) is 0 Å². The lowest BCUT2D eigenvalue weighted by Crippen LogP contribution is -2.51. The molecule has 2 aliphatic heterocycles. The molecular weight excluding hydrogens is 805 g/mol. The van der Waals surface area contributed by atoms with Gasteiger partial charge in [-0.05, 0) is 70.9 Å². The number of imidazole rings is 2. The second kappa shape index (κ2) is 18.3. The summed E-state index contributed by atoms with van der Waals surface area (Å²) in [5.74, 6) is 1.49. The molecule has 8 rings (SSSR count). The average Bonchev–Trinajstić information content (AvgIpc) is 4.14. The summed E-state index contributed by atoms with van der Waals surface area (Å²) >= 11 is 0. The number of methoxy groups -OCH3 is 1. The molecule has 0 saturated carbocycles. The van der Waals surface area contributed by atoms with Crippen LogP contribution in [0, 0.1) is 5.92 Å². The quantitative estimate of drug-likeness (QED) is 0.0984. The molecule has 0 unspecified atom stereocenters. The van der Waals surface area contributed by atoms with Crippen molar-refractivity contribution in [1.29, 1.82) is 0 Å². The maximum Gasteiger partial charge on any atom is 0.407 e. The molecule has 328 valence electrons. The lowest BCUT2D eigenvalue weighted by Gasteiger charge is -2.34. The number of nitrogens with one attached hydrogen (secondary N) is 3. The van der Waals surface area contributed by atoms with Gasteiger partial charge in [-0.1, -0.05) is 132 Å². The number of amides is 3. The van der Waals surface area contributed by atoms with Gasteiger partial charge in [0.05, 0.1) is 51.0 Å². The Morgan fingerprint density at radius 2 is 1.38 bits per heavy atom. The van der Waals surface area contributed by atoms with Gasteiger partial charge in [-0.15, -0.1) is 0 Å². The molecule has 0 aliphatic carbocycles. The molecule has 2 fully saturated rings. The molecule has 4 atom stereocenters. The van der Waals surface area contributed by atoms with E-state index in [0.717, 1.165) is 99.8 Å². The van der Waals surface area contributed by atoms with Crippen molar-refractivity contribution >= 4 is 36.8 Å². The molecule has 0 spiro atoms. The normalized spacial score (nSPS) is 18.3. The van der Waals surface area contributed by atoms with E-state index in [0.29, 0.717) is 6.54 Å². The molecule has 4 heterocycles. The van der Waals surface area contributed by atoms with Gasteiger partial charge in [0.2, 0.25) is 11.8 Å². The Labute approximate surface area is 371 Å². The number of hydrogen-bond donors (Lipinski definition) is 3. The maximum atomic E-state index is 14.6. The summed E-state index contributed by atoms with van der Waals surface area (Å²) in [7, 11) is -0.409. The highest BCUT2D eigenvalue weighted by atomic mass is 28.3. The van der Waals surface area contributed by atoms with Crippen LogP contribution >= 0.6 is 0 Å². The van der Waals surface area contributed by atoms with Gasteiger partial charge in [0.15, 0.2) is 0 Å². The first-order chi connectivity index (χ1) is 30.4. The van der Waals surface area contributed by atoms with Crippen LogP contribution in [0.4, 0.5) is 4.79 Å². The number of aromatic nitrogens is 4. The lowest BCUT2D eigenvalue weighted by atomic mass is 9.93. The smallest absolute Gasteiger partial charge is 0.407 e. The minimum absolute atomic E-state index is 0.100. The fourth-order valence-corrected chi connectivity index (χ4v) is 12.6. The fourth-order valence-electron chi connectivity index (χ4n) is 9.74. The number of carbonyl (C=O) groups is 3. The monoisotopic (exact) mass is 864 g/mol. The highest BCUT2D eigenvalue weighted by Crippen LogP contribution is 2.41. The van der Waals surface area contributed by atoms with Crippen LogP contribution in [0.15, 0.2) is 103 Å². The van der Waals surface area contributed by atoms with Crippen molar-refractivity contribution in [3.05, 3.63) is 121 Å². The first kappa shape index (κ1) is 43.6. The summed E-state index contributed by atoms with van der Waals surface area (Å²) in [4.78, 5) is 63.6. The highest BCUT2D eigenvalue weighted by molar-refractivity contribution is 6.78. The summed E-state index contributed by atoms with van der Waals surface area (Å²) < 4.78 is 4.81. The minimum atomic E-state index is -1.71. The minimum Gasteiger partial charge on any atom is -0.453 e. The number of rotatable bonds is 13. The number of ether oxygens (including phenoxy) is 1. The van der Waals surface area contributed by atoms with Crippen LogP contribution < -0.4 is 5.32 Å². The Hall–Kier alpha value is -6.05. The van der Waals surface area contributed by atoms with E-state index in [-0.39, 0.29) is 35.9 Å². The van der Waals surface area contributed by atoms with Gasteiger partial charge in [0, 0.05) is 18.3 Å². The van der Waals surface area contributed by atoms with E-state index in [4.69, 9.17) is 14.7 Å². The van der Waals surface area contributed by atoms with Gasteiger partial charge < -0.3 is 29.8 Å². The van der Waals surface area contributed by atoms with Crippen LogP contribution in [0.25, 0.3) is 44.4 Å². The van der Waals surface area contributed by atoms with Crippen molar-refractivity contribution in [3.63, 3.8) is 0 Å². The van der Waals surface area contributed by atoms with Gasteiger partial charge >= 0.3 is 6.09 Å². The fraction of sp³-hybridized carbons (Fsp3) is 0.380. The van der Waals surface area contributed by atoms with E-state index in [1.165, 1.54) is 7.11 Å². The molecule has 3 amide bonds. The number of benzene rings is 4. The molecular formula is C50H60N8O4Si. The third-order valence-corrected chi connectivity index (χ3v) is 15.7. The van der Waals surface area contributed by atoms with Gasteiger partial charge in [-0.3, -0.25) is 14.5 Å². The van der Waals surface area contributed by atoms with Gasteiger partial charge in [-0.25, -0.2) is 14.8 Å². The topological polar surface area (TPSA) is 140 Å². The lowest BCUT2D eigenvalue weighted by molar-refractivity contribution is -0.138. The van der Waals surface area contributed by atoms with E-state index in [2.05, 4.69) is 125 Å². The average molecular weight is 865 g/mol. The third kappa shape index (κ3) is 8.81. The molecule has 3 N–H and O–H groups in total. The van der Waals surface area contributed by atoms with Crippen molar-refractivity contribution < 1.29 is 19.1 Å².